The van der Waals surface area contributed by atoms with E-state index in [1.54, 1.807) is 13.3 Å². The van der Waals surface area contributed by atoms with Crippen LogP contribution in [0.5, 0.6) is 11.5 Å². The maximum absolute atomic E-state index is 10.3. The van der Waals surface area contributed by atoms with Crippen molar-refractivity contribution in [2.45, 2.75) is 18.8 Å². The van der Waals surface area contributed by atoms with Crippen LogP contribution in [0.25, 0.3) is 0 Å². The molecule has 0 bridgehead atoms. The zero-order chi connectivity index (χ0) is 17.5. The minimum atomic E-state index is -0.550. The molecule has 0 amide bonds. The van der Waals surface area contributed by atoms with E-state index < -0.39 is 6.10 Å². The van der Waals surface area contributed by atoms with Crippen LogP contribution in [0.2, 0.25) is 0 Å². The predicted molar refractivity (Wildman–Crippen MR) is 92.9 cm³/mol. The Hall–Kier alpha value is -2.09. The normalized spacial score (nSPS) is 19.5. The van der Waals surface area contributed by atoms with Crippen molar-refractivity contribution in [3.8, 4) is 11.5 Å². The Morgan fingerprint density at radius 1 is 1.32 bits per heavy atom. The molecule has 1 N–H and O–H groups in total. The highest BCUT2D eigenvalue weighted by molar-refractivity contribution is 5.31. The molecule has 0 unspecified atom stereocenters. The number of methoxy groups -OCH3 is 1. The van der Waals surface area contributed by atoms with Crippen molar-refractivity contribution in [1.82, 2.24) is 14.7 Å². The van der Waals surface area contributed by atoms with E-state index in [1.165, 1.54) is 0 Å². The third-order valence-corrected chi connectivity index (χ3v) is 4.14. The van der Waals surface area contributed by atoms with Gasteiger partial charge in [0.05, 0.1) is 26.4 Å². The van der Waals surface area contributed by atoms with E-state index in [4.69, 9.17) is 14.2 Å². The minimum Gasteiger partial charge on any atom is -0.497 e. The maximum atomic E-state index is 10.3. The number of nitrogens with zero attached hydrogens (tertiary/aromatic N) is 3. The first kappa shape index (κ1) is 17.7. The third-order valence-electron chi connectivity index (χ3n) is 4.14. The van der Waals surface area contributed by atoms with Crippen LogP contribution in [0.3, 0.4) is 0 Å². The Bertz CT molecular complexity index is 618. The molecule has 1 aliphatic heterocycles. The van der Waals surface area contributed by atoms with Crippen LogP contribution in [-0.2, 0) is 11.3 Å². The largest absolute Gasteiger partial charge is 0.497 e. The summed E-state index contributed by atoms with van der Waals surface area (Å²) >= 11 is 0. The van der Waals surface area contributed by atoms with Gasteiger partial charge in [0.1, 0.15) is 24.2 Å². The molecule has 2 heterocycles. The summed E-state index contributed by atoms with van der Waals surface area (Å²) in [6.07, 6.45) is 3.23. The molecular formula is C18H25N3O4. The fourth-order valence-electron chi connectivity index (χ4n) is 2.89. The summed E-state index contributed by atoms with van der Waals surface area (Å²) in [4.78, 5) is 2.21. The van der Waals surface area contributed by atoms with Gasteiger partial charge in [-0.2, -0.15) is 5.10 Å². The number of aromatic nitrogens is 2. The quantitative estimate of drug-likeness (QED) is 0.769. The van der Waals surface area contributed by atoms with Crippen LogP contribution in [-0.4, -0.2) is 72.0 Å². The summed E-state index contributed by atoms with van der Waals surface area (Å²) in [6, 6.07) is 9.24. The number of ether oxygens (including phenoxy) is 3. The Kier molecular flexibility index (Phi) is 6.27. The van der Waals surface area contributed by atoms with Gasteiger partial charge >= 0.3 is 0 Å². The van der Waals surface area contributed by atoms with E-state index in [1.807, 2.05) is 41.2 Å². The monoisotopic (exact) mass is 347 g/mol. The van der Waals surface area contributed by atoms with Crippen LogP contribution >= 0.6 is 0 Å². The van der Waals surface area contributed by atoms with Gasteiger partial charge < -0.3 is 19.3 Å². The molecule has 1 aromatic carbocycles. The lowest BCUT2D eigenvalue weighted by Crippen LogP contribution is -2.47. The number of aliphatic hydroxyl groups is 1. The average molecular weight is 347 g/mol. The molecule has 136 valence electrons. The second-order valence-electron chi connectivity index (χ2n) is 6.12. The predicted octanol–water partition coefficient (Wildman–Crippen LogP) is 1.03. The lowest BCUT2D eigenvalue weighted by molar-refractivity contribution is -0.0517. The standard InChI is InChI=1S/C18H25N3O4/c1-23-16-3-5-17(6-4-16)25-14-15(22)11-20-9-10-24-18(12-20)13-21-8-2-7-19-21/h2-8,15,18,22H,9-14H2,1H3/t15-,18+/m1/s1. The second-order valence-corrected chi connectivity index (χ2v) is 6.12. The van der Waals surface area contributed by atoms with Gasteiger partial charge in [0.15, 0.2) is 0 Å². The molecular weight excluding hydrogens is 322 g/mol. The summed E-state index contributed by atoms with van der Waals surface area (Å²) < 4.78 is 18.4. The number of hydrogen-bond donors (Lipinski definition) is 1. The van der Waals surface area contributed by atoms with Crippen molar-refractivity contribution in [2.24, 2.45) is 0 Å². The topological polar surface area (TPSA) is 69.0 Å². The molecule has 2 aromatic rings. The summed E-state index contributed by atoms with van der Waals surface area (Å²) in [7, 11) is 1.63. The molecule has 1 fully saturated rings. The van der Waals surface area contributed by atoms with Crippen LogP contribution < -0.4 is 9.47 Å². The van der Waals surface area contributed by atoms with Gasteiger partial charge in [-0.3, -0.25) is 9.58 Å². The molecule has 0 radical (unpaired) electrons. The Balaban J connectivity index is 1.41. The number of morpholine rings is 1. The van der Waals surface area contributed by atoms with Crippen molar-refractivity contribution < 1.29 is 19.3 Å². The Labute approximate surface area is 147 Å². The second kappa shape index (κ2) is 8.84. The van der Waals surface area contributed by atoms with Crippen LogP contribution in [0.1, 0.15) is 0 Å². The zero-order valence-corrected chi connectivity index (χ0v) is 14.5. The van der Waals surface area contributed by atoms with E-state index in [2.05, 4.69) is 10.00 Å². The molecule has 7 nitrogen and oxygen atoms in total. The maximum Gasteiger partial charge on any atom is 0.119 e. The molecule has 1 aromatic heterocycles. The molecule has 7 heteroatoms. The van der Waals surface area contributed by atoms with Crippen LogP contribution in [0.15, 0.2) is 42.7 Å². The van der Waals surface area contributed by atoms with Gasteiger partial charge in [-0.1, -0.05) is 0 Å². The molecule has 0 saturated carbocycles. The SMILES string of the molecule is COc1ccc(OC[C@H](O)CN2CCO[C@H](Cn3cccn3)C2)cc1. The first-order valence-electron chi connectivity index (χ1n) is 8.49. The fraction of sp³-hybridized carbons (Fsp3) is 0.500. The van der Waals surface area contributed by atoms with Crippen molar-refractivity contribution >= 4 is 0 Å². The van der Waals surface area contributed by atoms with Crippen molar-refractivity contribution in [1.29, 1.82) is 0 Å². The van der Waals surface area contributed by atoms with Gasteiger partial charge in [0.25, 0.3) is 0 Å². The number of benzene rings is 1. The molecule has 3 rings (SSSR count). The molecule has 0 spiro atoms. The van der Waals surface area contributed by atoms with Crippen LogP contribution in [0.4, 0.5) is 0 Å². The molecule has 25 heavy (non-hydrogen) atoms. The van der Waals surface area contributed by atoms with Gasteiger partial charge in [-0.15, -0.1) is 0 Å². The molecule has 1 aliphatic rings. The van der Waals surface area contributed by atoms with E-state index in [0.717, 1.165) is 31.1 Å². The number of aliphatic hydroxyl groups excluding tert-OH is 1. The van der Waals surface area contributed by atoms with Crippen LogP contribution in [0, 0.1) is 0 Å². The average Bonchev–Trinajstić information content (AvgIpc) is 3.14. The molecule has 0 aliphatic carbocycles. The Morgan fingerprint density at radius 2 is 2.12 bits per heavy atom. The van der Waals surface area contributed by atoms with Crippen molar-refractivity contribution in [3.63, 3.8) is 0 Å². The molecule has 2 atom stereocenters. The summed E-state index contributed by atoms with van der Waals surface area (Å²) in [5.74, 6) is 1.50. The first-order chi connectivity index (χ1) is 12.2. The highest BCUT2D eigenvalue weighted by atomic mass is 16.5. The van der Waals surface area contributed by atoms with Crippen molar-refractivity contribution in [2.75, 3.05) is 40.0 Å². The zero-order valence-electron chi connectivity index (χ0n) is 14.5. The number of rotatable bonds is 8. The lowest BCUT2D eigenvalue weighted by atomic mass is 10.2. The van der Waals surface area contributed by atoms with Gasteiger partial charge in [0, 0.05) is 32.0 Å². The summed E-state index contributed by atoms with van der Waals surface area (Å²) in [6.45, 7) is 3.80. The van der Waals surface area contributed by atoms with Crippen molar-refractivity contribution in [3.05, 3.63) is 42.7 Å². The van der Waals surface area contributed by atoms with E-state index >= 15 is 0 Å². The first-order valence-corrected chi connectivity index (χ1v) is 8.49. The minimum absolute atomic E-state index is 0.0864. The van der Waals surface area contributed by atoms with Gasteiger partial charge in [0.2, 0.25) is 0 Å². The highest BCUT2D eigenvalue weighted by Crippen LogP contribution is 2.17. The highest BCUT2D eigenvalue weighted by Gasteiger charge is 2.23. The lowest BCUT2D eigenvalue weighted by Gasteiger charge is -2.33. The van der Waals surface area contributed by atoms with E-state index in [-0.39, 0.29) is 12.7 Å². The fourth-order valence-corrected chi connectivity index (χ4v) is 2.89. The Morgan fingerprint density at radius 3 is 2.84 bits per heavy atom. The third kappa shape index (κ3) is 5.45. The van der Waals surface area contributed by atoms with E-state index in [9.17, 15) is 5.11 Å². The number of hydrogen-bond acceptors (Lipinski definition) is 6. The summed E-state index contributed by atoms with van der Waals surface area (Å²) in [5.41, 5.74) is 0. The summed E-state index contributed by atoms with van der Waals surface area (Å²) in [5, 5.41) is 14.5. The van der Waals surface area contributed by atoms with Gasteiger partial charge in [-0.25, -0.2) is 0 Å². The molecule has 1 saturated heterocycles. The number of β-amino-alcohol motifs (C(OH)–C–C–N with tert-alkyl or cyclic N) is 1. The smallest absolute Gasteiger partial charge is 0.119 e. The van der Waals surface area contributed by atoms with E-state index in [0.29, 0.717) is 13.2 Å². The van der Waals surface area contributed by atoms with Gasteiger partial charge in [-0.05, 0) is 30.3 Å².